The first-order valence-corrected chi connectivity index (χ1v) is 10.0. The van der Waals surface area contributed by atoms with Gasteiger partial charge in [0.2, 0.25) is 29.5 Å². The fourth-order valence-electron chi connectivity index (χ4n) is 2.40. The summed E-state index contributed by atoms with van der Waals surface area (Å²) in [4.78, 5) is 70.8. The van der Waals surface area contributed by atoms with Crippen LogP contribution in [0.1, 0.15) is 33.1 Å². The average Bonchev–Trinajstić information content (AvgIpc) is 2.67. The van der Waals surface area contributed by atoms with E-state index in [1.807, 2.05) is 0 Å². The number of amides is 5. The zero-order valence-corrected chi connectivity index (χ0v) is 18.2. The lowest BCUT2D eigenvalue weighted by molar-refractivity contribution is -0.142. The van der Waals surface area contributed by atoms with Crippen LogP contribution in [-0.2, 0) is 28.8 Å². The Morgan fingerprint density at radius 1 is 0.871 bits per heavy atom. The molecular weight excluding hydrogens is 432 g/mol. The number of carbonyl (C=O) groups excluding carboxylic acids is 5. The minimum Gasteiger partial charge on any atom is -0.480 e. The van der Waals surface area contributed by atoms with Crippen LogP contribution in [-0.4, -0.2) is 70.5 Å². The molecule has 0 saturated carbocycles. The van der Waals surface area contributed by atoms with Gasteiger partial charge in [0.25, 0.3) is 0 Å². The van der Waals surface area contributed by atoms with Crippen LogP contribution in [0.2, 0.25) is 0 Å². The van der Waals surface area contributed by atoms with Crippen LogP contribution in [0.4, 0.5) is 0 Å². The molecule has 0 aliphatic heterocycles. The van der Waals surface area contributed by atoms with Gasteiger partial charge in [0.15, 0.2) is 0 Å². The normalized spacial score (nSPS) is 15.5. The molecule has 10 N–H and O–H groups in total. The molecule has 0 bridgehead atoms. The van der Waals surface area contributed by atoms with E-state index in [1.165, 1.54) is 0 Å². The summed E-state index contributed by atoms with van der Waals surface area (Å²) < 4.78 is 0. The molecule has 176 valence electrons. The van der Waals surface area contributed by atoms with Gasteiger partial charge in [-0.1, -0.05) is 20.3 Å². The van der Waals surface area contributed by atoms with E-state index in [4.69, 9.17) is 22.3 Å². The van der Waals surface area contributed by atoms with Crippen LogP contribution in [0.5, 0.6) is 0 Å². The number of aliphatic carboxylic acids is 1. The lowest BCUT2D eigenvalue weighted by Gasteiger charge is -2.27. The number of nitrogens with one attached hydrogen (secondary N) is 3. The Bertz CT molecular complexity index is 704. The first-order chi connectivity index (χ1) is 14.3. The predicted molar refractivity (Wildman–Crippen MR) is 112 cm³/mol. The second-order valence-electron chi connectivity index (χ2n) is 6.96. The highest BCUT2D eigenvalue weighted by molar-refractivity contribution is 7.80. The Labute approximate surface area is 184 Å². The van der Waals surface area contributed by atoms with Crippen molar-refractivity contribution in [2.75, 3.05) is 5.75 Å². The van der Waals surface area contributed by atoms with Gasteiger partial charge in [-0.15, -0.1) is 0 Å². The third-order valence-corrected chi connectivity index (χ3v) is 4.75. The lowest BCUT2D eigenvalue weighted by atomic mass is 9.97. The number of hydrogen-bond acceptors (Lipinski definition) is 8. The first kappa shape index (κ1) is 28.1. The second kappa shape index (κ2) is 13.4. The molecule has 0 aromatic heterocycles. The zero-order chi connectivity index (χ0) is 24.3. The summed E-state index contributed by atoms with van der Waals surface area (Å²) in [7, 11) is 0. The van der Waals surface area contributed by atoms with Crippen molar-refractivity contribution in [3.05, 3.63) is 0 Å². The van der Waals surface area contributed by atoms with Crippen molar-refractivity contribution in [3.8, 4) is 0 Å². The quantitative estimate of drug-likeness (QED) is 0.121. The van der Waals surface area contributed by atoms with Crippen molar-refractivity contribution in [1.29, 1.82) is 0 Å². The standard InChI is InChI=1S/C17H30N6O7S/c1-3-7(2)13(16(28)22-10(6-31)17(29)30)23-15(27)9(5-12(20)25)21-14(26)8(18)4-11(19)24/h7-10,13,31H,3-6,18H2,1-2H3,(H2,19,24)(H2,20,25)(H,21,26)(H,22,28)(H,23,27)(H,29,30). The van der Waals surface area contributed by atoms with Crippen molar-refractivity contribution in [2.45, 2.75) is 57.3 Å². The highest BCUT2D eigenvalue weighted by Gasteiger charge is 2.33. The molecule has 14 heteroatoms. The molecule has 0 aromatic rings. The average molecular weight is 463 g/mol. The number of hydrogen-bond donors (Lipinski definition) is 8. The maximum absolute atomic E-state index is 12.7. The number of carbonyl (C=O) groups is 6. The van der Waals surface area contributed by atoms with Crippen molar-refractivity contribution < 1.29 is 33.9 Å². The maximum atomic E-state index is 12.7. The highest BCUT2D eigenvalue weighted by atomic mass is 32.1. The first-order valence-electron chi connectivity index (χ1n) is 9.40. The molecular formula is C17H30N6O7S. The zero-order valence-electron chi connectivity index (χ0n) is 17.3. The number of thiol groups is 1. The predicted octanol–water partition coefficient (Wildman–Crippen LogP) is -3.42. The Kier molecular flexibility index (Phi) is 12.2. The van der Waals surface area contributed by atoms with Crippen molar-refractivity contribution in [2.24, 2.45) is 23.1 Å². The van der Waals surface area contributed by atoms with Crippen LogP contribution in [0.15, 0.2) is 0 Å². The Hall–Kier alpha value is -2.87. The highest BCUT2D eigenvalue weighted by Crippen LogP contribution is 2.10. The summed E-state index contributed by atoms with van der Waals surface area (Å²) in [5, 5.41) is 16.0. The van der Waals surface area contributed by atoms with Crippen molar-refractivity contribution >= 4 is 48.1 Å². The van der Waals surface area contributed by atoms with Gasteiger partial charge in [-0.2, -0.15) is 12.6 Å². The van der Waals surface area contributed by atoms with Gasteiger partial charge in [-0.3, -0.25) is 24.0 Å². The largest absolute Gasteiger partial charge is 0.480 e. The van der Waals surface area contributed by atoms with Gasteiger partial charge < -0.3 is 38.3 Å². The van der Waals surface area contributed by atoms with Gasteiger partial charge in [0.05, 0.1) is 18.9 Å². The lowest BCUT2D eigenvalue weighted by Crippen LogP contribution is -2.59. The van der Waals surface area contributed by atoms with Gasteiger partial charge >= 0.3 is 5.97 Å². The molecule has 0 saturated heterocycles. The number of carboxylic acid groups (broad SMARTS) is 1. The number of carboxylic acids is 1. The van der Waals surface area contributed by atoms with Gasteiger partial charge in [-0.25, -0.2) is 4.79 Å². The van der Waals surface area contributed by atoms with Crippen molar-refractivity contribution in [3.63, 3.8) is 0 Å². The fraction of sp³-hybridized carbons (Fsp3) is 0.647. The Morgan fingerprint density at radius 3 is 1.81 bits per heavy atom. The summed E-state index contributed by atoms with van der Waals surface area (Å²) >= 11 is 3.87. The molecule has 0 aliphatic rings. The molecule has 0 rings (SSSR count). The number of nitrogens with two attached hydrogens (primary N) is 3. The summed E-state index contributed by atoms with van der Waals surface area (Å²) in [6.07, 6.45) is -0.660. The smallest absolute Gasteiger partial charge is 0.327 e. The monoisotopic (exact) mass is 462 g/mol. The Morgan fingerprint density at radius 2 is 1.39 bits per heavy atom. The van der Waals surface area contributed by atoms with Crippen LogP contribution < -0.4 is 33.2 Å². The van der Waals surface area contributed by atoms with E-state index in [2.05, 4.69) is 28.6 Å². The van der Waals surface area contributed by atoms with E-state index in [1.54, 1.807) is 13.8 Å². The van der Waals surface area contributed by atoms with Gasteiger partial charge in [0, 0.05) is 5.75 Å². The van der Waals surface area contributed by atoms with Crippen LogP contribution in [0, 0.1) is 5.92 Å². The molecule has 0 spiro atoms. The van der Waals surface area contributed by atoms with Gasteiger partial charge in [0.1, 0.15) is 18.1 Å². The summed E-state index contributed by atoms with van der Waals surface area (Å²) in [6.45, 7) is 3.39. The third-order valence-electron chi connectivity index (χ3n) is 4.39. The number of primary amides is 2. The van der Waals surface area contributed by atoms with E-state index in [9.17, 15) is 28.8 Å². The van der Waals surface area contributed by atoms with Crippen LogP contribution >= 0.6 is 12.6 Å². The van der Waals surface area contributed by atoms with E-state index in [0.717, 1.165) is 0 Å². The minimum atomic E-state index is -1.48. The topological polar surface area (TPSA) is 237 Å². The van der Waals surface area contributed by atoms with E-state index >= 15 is 0 Å². The van der Waals surface area contributed by atoms with Crippen molar-refractivity contribution in [1.82, 2.24) is 16.0 Å². The molecule has 0 aliphatic carbocycles. The summed E-state index contributed by atoms with van der Waals surface area (Å²) in [6, 6.07) is -5.30. The molecule has 0 aromatic carbocycles. The van der Waals surface area contributed by atoms with E-state index < -0.39 is 78.4 Å². The van der Waals surface area contributed by atoms with Crippen LogP contribution in [0.25, 0.3) is 0 Å². The molecule has 5 unspecified atom stereocenters. The van der Waals surface area contributed by atoms with Crippen LogP contribution in [0.3, 0.4) is 0 Å². The second-order valence-corrected chi connectivity index (χ2v) is 7.33. The molecule has 5 amide bonds. The third kappa shape index (κ3) is 10.1. The minimum absolute atomic E-state index is 0.180. The number of rotatable bonds is 14. The Balaban J connectivity index is 5.51. The summed E-state index contributed by atoms with van der Waals surface area (Å²) in [5.74, 6) is -6.31. The molecule has 31 heavy (non-hydrogen) atoms. The van der Waals surface area contributed by atoms with Gasteiger partial charge in [-0.05, 0) is 5.92 Å². The SMILES string of the molecule is CCC(C)C(NC(=O)C(CC(N)=O)NC(=O)C(N)CC(N)=O)C(=O)NC(CS)C(=O)O. The molecule has 0 radical (unpaired) electrons. The molecule has 13 nitrogen and oxygen atoms in total. The molecule has 5 atom stereocenters. The molecule has 0 fully saturated rings. The van der Waals surface area contributed by atoms with E-state index in [0.29, 0.717) is 6.42 Å². The molecule has 0 heterocycles. The summed E-state index contributed by atoms with van der Waals surface area (Å²) in [5.41, 5.74) is 15.6. The maximum Gasteiger partial charge on any atom is 0.327 e. The fourth-order valence-corrected chi connectivity index (χ4v) is 2.65. The van der Waals surface area contributed by atoms with E-state index in [-0.39, 0.29) is 5.75 Å².